The van der Waals surface area contributed by atoms with Crippen LogP contribution in [0.15, 0.2) is 24.5 Å². The van der Waals surface area contributed by atoms with Crippen molar-refractivity contribution in [1.82, 2.24) is 20.2 Å². The van der Waals surface area contributed by atoms with Crippen LogP contribution in [0, 0.1) is 0 Å². The molecule has 1 aliphatic heterocycles. The van der Waals surface area contributed by atoms with Gasteiger partial charge in [0.15, 0.2) is 0 Å². The molecule has 2 heterocycles. The van der Waals surface area contributed by atoms with Gasteiger partial charge in [0.25, 0.3) is 0 Å². The Bertz CT molecular complexity index is 1140. The van der Waals surface area contributed by atoms with Crippen molar-refractivity contribution in [1.29, 1.82) is 0 Å². The van der Waals surface area contributed by atoms with Crippen molar-refractivity contribution in [2.45, 2.75) is 86.6 Å². The van der Waals surface area contributed by atoms with Gasteiger partial charge in [-0.05, 0) is 6.07 Å². The molecule has 36 heavy (non-hydrogen) atoms. The topological polar surface area (TPSA) is 87.2 Å². The van der Waals surface area contributed by atoms with Crippen LogP contribution >= 0.6 is 0 Å². The Labute approximate surface area is 215 Å². The number of benzene rings is 1. The molecule has 1 saturated heterocycles. The molecule has 2 aliphatic rings. The Hall–Kier alpha value is -2.35. The van der Waals surface area contributed by atoms with E-state index >= 15 is 0 Å². The van der Waals surface area contributed by atoms with Crippen LogP contribution in [0.3, 0.4) is 0 Å². The molecule has 7 nitrogen and oxygen atoms in total. The molecule has 2 amide bonds. The predicted molar refractivity (Wildman–Crippen MR) is 133 cm³/mol. The first-order valence-electron chi connectivity index (χ1n) is 12.2. The van der Waals surface area contributed by atoms with E-state index < -0.39 is 17.8 Å². The second-order valence-electron chi connectivity index (χ2n) is 10.6. The van der Waals surface area contributed by atoms with Crippen LogP contribution in [0.2, 0.25) is 8.91 Å². The van der Waals surface area contributed by atoms with Gasteiger partial charge in [0.1, 0.15) is 0 Å². The molecule has 0 bridgehead atoms. The van der Waals surface area contributed by atoms with E-state index in [4.69, 9.17) is 0 Å². The van der Waals surface area contributed by atoms with E-state index in [2.05, 4.69) is 41.4 Å². The number of carbonyl (C=O) groups is 2. The molecule has 2 fully saturated rings. The van der Waals surface area contributed by atoms with E-state index in [0.717, 1.165) is 31.4 Å². The molecule has 1 aliphatic carbocycles. The van der Waals surface area contributed by atoms with E-state index in [-0.39, 0.29) is 55.1 Å². The van der Waals surface area contributed by atoms with E-state index in [1.54, 1.807) is 0 Å². The molecular weight excluding hydrogens is 534 g/mol. The molecule has 0 spiro atoms. The molecular formula is C25H32AsF3N5O2. The van der Waals surface area contributed by atoms with Gasteiger partial charge >= 0.3 is 197 Å². The second-order valence-corrected chi connectivity index (χ2v) is 15.5. The number of hydrogen-bond donors (Lipinski definition) is 2. The van der Waals surface area contributed by atoms with Gasteiger partial charge in [-0.3, -0.25) is 0 Å². The van der Waals surface area contributed by atoms with Gasteiger partial charge < -0.3 is 0 Å². The Kier molecular flexibility index (Phi) is 7.56. The Balaban J connectivity index is 1.51. The number of anilines is 1. The summed E-state index contributed by atoms with van der Waals surface area (Å²) in [7, 11) is 0. The summed E-state index contributed by atoms with van der Waals surface area (Å²) in [6.45, 7) is 8.78. The number of halogens is 3. The van der Waals surface area contributed by atoms with Crippen molar-refractivity contribution in [2.24, 2.45) is 0 Å². The number of hydrogen-bond acceptors (Lipinski definition) is 5. The summed E-state index contributed by atoms with van der Waals surface area (Å²) in [6.07, 6.45) is 0.000705. The van der Waals surface area contributed by atoms with Crippen molar-refractivity contribution >= 4 is 44.3 Å². The zero-order valence-corrected chi connectivity index (χ0v) is 22.8. The molecule has 1 aromatic heterocycles. The molecule has 2 N–H and O–H groups in total. The minimum absolute atomic E-state index is 0.0930. The number of alkyl halides is 3. The van der Waals surface area contributed by atoms with Crippen molar-refractivity contribution in [2.75, 3.05) is 11.9 Å². The number of nitrogens with one attached hydrogen (secondary N) is 2. The third-order valence-electron chi connectivity index (χ3n) is 6.66. The van der Waals surface area contributed by atoms with Gasteiger partial charge in [-0.2, -0.15) is 13.2 Å². The molecule has 2 aromatic rings. The molecule has 1 aromatic carbocycles. The summed E-state index contributed by atoms with van der Waals surface area (Å²) < 4.78 is 40.6. The van der Waals surface area contributed by atoms with Crippen molar-refractivity contribution in [3.8, 4) is 0 Å². The number of fused-ring (bicyclic) bond motifs is 1. The number of aromatic nitrogens is 2. The monoisotopic (exact) mass is 566 g/mol. The predicted octanol–water partition coefficient (Wildman–Crippen LogP) is 4.43. The third-order valence-corrected chi connectivity index (χ3v) is 10.0. The first-order valence-corrected chi connectivity index (χ1v) is 14.2. The average molecular weight is 566 g/mol. The Morgan fingerprint density at radius 3 is 2.56 bits per heavy atom. The summed E-state index contributed by atoms with van der Waals surface area (Å²) in [4.78, 5) is 35.5. The molecule has 4 atom stereocenters. The quantitative estimate of drug-likeness (QED) is 0.524. The summed E-state index contributed by atoms with van der Waals surface area (Å²) in [5, 5.41) is 6.40. The van der Waals surface area contributed by atoms with Crippen LogP contribution in [0.5, 0.6) is 0 Å². The van der Waals surface area contributed by atoms with E-state index in [9.17, 15) is 22.8 Å². The van der Waals surface area contributed by atoms with Crippen LogP contribution in [0.25, 0.3) is 10.9 Å². The fraction of sp³-hybridized carbons (Fsp3) is 0.600. The first-order chi connectivity index (χ1) is 16.8. The first kappa shape index (κ1) is 26.7. The summed E-state index contributed by atoms with van der Waals surface area (Å²) >= 11 is 0.0956. The van der Waals surface area contributed by atoms with Crippen molar-refractivity contribution in [3.05, 3.63) is 30.1 Å². The third kappa shape index (κ3) is 6.13. The fourth-order valence-corrected chi connectivity index (χ4v) is 8.84. The Morgan fingerprint density at radius 2 is 1.89 bits per heavy atom. The van der Waals surface area contributed by atoms with Gasteiger partial charge in [0.05, 0.1) is 0 Å². The van der Waals surface area contributed by atoms with Crippen LogP contribution in [0.1, 0.15) is 58.9 Å². The van der Waals surface area contributed by atoms with Crippen molar-refractivity contribution in [3.63, 3.8) is 0 Å². The van der Waals surface area contributed by atoms with E-state index in [0.29, 0.717) is 23.2 Å². The van der Waals surface area contributed by atoms with Gasteiger partial charge in [0, 0.05) is 0 Å². The molecule has 195 valence electrons. The SMILES string of the molecule is CC(=O)N[C@@H]1C[C@H]([As]C(C)(C)C)CC[C@@H]1N1CCC(Nc2ncnc3ccc(C(F)(F)F)cc23)C1=O. The number of carbonyl (C=O) groups excluding carboxylic acids is 2. The van der Waals surface area contributed by atoms with Crippen LogP contribution in [0.4, 0.5) is 19.0 Å². The number of amides is 2. The van der Waals surface area contributed by atoms with Crippen molar-refractivity contribution < 1.29 is 22.8 Å². The average Bonchev–Trinajstić information content (AvgIpc) is 3.11. The fourth-order valence-electron chi connectivity index (χ4n) is 5.26. The Morgan fingerprint density at radius 1 is 1.14 bits per heavy atom. The summed E-state index contributed by atoms with van der Waals surface area (Å²) in [6, 6.07) is 2.52. The van der Waals surface area contributed by atoms with E-state index in [1.807, 2.05) is 4.90 Å². The second kappa shape index (κ2) is 10.2. The number of likely N-dealkylation sites (tertiary alicyclic amines) is 1. The van der Waals surface area contributed by atoms with E-state index in [1.165, 1.54) is 19.3 Å². The van der Waals surface area contributed by atoms with Crippen LogP contribution in [-0.2, 0) is 15.8 Å². The summed E-state index contributed by atoms with van der Waals surface area (Å²) in [5.41, 5.74) is -0.423. The maximum absolute atomic E-state index is 13.4. The standard InChI is InChI=1S/C25H32AsF3N5O2/c1-14(35)32-20-12-16(26-24(2,3)4)6-8-21(20)34-10-9-19(23(34)36)33-22-17-11-15(25(27,28)29)5-7-18(17)30-13-31-22/h5,7,11,13,16,19-21H,6,8-10,12H2,1-4H3,(H,32,35)(H,30,31,33)/t16-,19?,20-,21+/m1/s1. The molecule has 11 heteroatoms. The van der Waals surface area contributed by atoms with Gasteiger partial charge in [-0.25, -0.2) is 0 Å². The van der Waals surface area contributed by atoms with Gasteiger partial charge in [-0.15, -0.1) is 0 Å². The maximum atomic E-state index is 13.4. The normalized spacial score (nSPS) is 25.6. The van der Waals surface area contributed by atoms with Crippen LogP contribution in [-0.4, -0.2) is 67.1 Å². The van der Waals surface area contributed by atoms with Gasteiger partial charge in [0.2, 0.25) is 0 Å². The zero-order chi connectivity index (χ0) is 26.3. The van der Waals surface area contributed by atoms with Crippen LogP contribution < -0.4 is 10.6 Å². The molecule has 1 radical (unpaired) electrons. The summed E-state index contributed by atoms with van der Waals surface area (Å²) in [5.74, 6) is -0.00817. The number of nitrogens with zero attached hydrogens (tertiary/aromatic N) is 3. The number of rotatable bonds is 5. The minimum atomic E-state index is -4.49. The molecule has 1 unspecified atom stereocenters. The van der Waals surface area contributed by atoms with Gasteiger partial charge in [-0.1, -0.05) is 0 Å². The molecule has 1 saturated carbocycles. The molecule has 4 rings (SSSR count). The zero-order valence-electron chi connectivity index (χ0n) is 20.9.